The molecule has 0 saturated carbocycles. The third-order valence-corrected chi connectivity index (χ3v) is 3.63. The van der Waals surface area contributed by atoms with Crippen molar-refractivity contribution in [1.82, 2.24) is 0 Å². The van der Waals surface area contributed by atoms with Crippen LogP contribution >= 0.6 is 11.3 Å². The second kappa shape index (κ2) is 7.21. The van der Waals surface area contributed by atoms with Crippen molar-refractivity contribution in [2.75, 3.05) is 11.9 Å². The highest BCUT2D eigenvalue weighted by Crippen LogP contribution is 2.34. The lowest BCUT2D eigenvalue weighted by molar-refractivity contribution is -0.114. The zero-order chi connectivity index (χ0) is 16.2. The summed E-state index contributed by atoms with van der Waals surface area (Å²) < 4.78 is 10.1. The molecule has 1 heterocycles. The Bertz CT molecular complexity index is 562. The predicted octanol–water partition coefficient (Wildman–Crippen LogP) is 2.76. The first-order valence-electron chi connectivity index (χ1n) is 6.57. The standard InChI is InChI=1S/C14H19NO5S/c1-6-19-13(17)10-8(4)11(14(18)20-7(2)3)21-12(10)15-9(5)16/h7H,6H2,1-5H3,(H,15,16). The van der Waals surface area contributed by atoms with Crippen LogP contribution in [0.1, 0.15) is 53.3 Å². The van der Waals surface area contributed by atoms with Crippen LogP contribution in [0.25, 0.3) is 0 Å². The minimum absolute atomic E-state index is 0.202. The summed E-state index contributed by atoms with van der Waals surface area (Å²) in [6.45, 7) is 8.33. The van der Waals surface area contributed by atoms with Crippen molar-refractivity contribution in [3.63, 3.8) is 0 Å². The molecule has 21 heavy (non-hydrogen) atoms. The van der Waals surface area contributed by atoms with Gasteiger partial charge in [-0.05, 0) is 33.3 Å². The normalized spacial score (nSPS) is 10.4. The van der Waals surface area contributed by atoms with E-state index in [2.05, 4.69) is 5.32 Å². The molecule has 0 atom stereocenters. The highest BCUT2D eigenvalue weighted by molar-refractivity contribution is 7.18. The van der Waals surface area contributed by atoms with E-state index in [9.17, 15) is 14.4 Å². The first-order valence-corrected chi connectivity index (χ1v) is 7.38. The summed E-state index contributed by atoms with van der Waals surface area (Å²) in [4.78, 5) is 35.6. The molecule has 0 aliphatic heterocycles. The second-order valence-electron chi connectivity index (χ2n) is 4.62. The van der Waals surface area contributed by atoms with Gasteiger partial charge in [-0.15, -0.1) is 11.3 Å². The third kappa shape index (κ3) is 4.29. The lowest BCUT2D eigenvalue weighted by atomic mass is 10.1. The smallest absolute Gasteiger partial charge is 0.348 e. The van der Waals surface area contributed by atoms with Gasteiger partial charge in [0, 0.05) is 6.92 Å². The van der Waals surface area contributed by atoms with Crippen LogP contribution in [0.4, 0.5) is 5.00 Å². The van der Waals surface area contributed by atoms with Crippen molar-refractivity contribution in [2.24, 2.45) is 0 Å². The summed E-state index contributed by atoms with van der Waals surface area (Å²) in [6.07, 6.45) is -0.269. The molecule has 0 spiro atoms. The van der Waals surface area contributed by atoms with Gasteiger partial charge in [0.1, 0.15) is 9.88 Å². The van der Waals surface area contributed by atoms with Crippen LogP contribution in [0.5, 0.6) is 0 Å². The van der Waals surface area contributed by atoms with Crippen molar-refractivity contribution in [3.8, 4) is 0 Å². The molecule has 0 fully saturated rings. The van der Waals surface area contributed by atoms with Crippen molar-refractivity contribution in [1.29, 1.82) is 0 Å². The number of hydrogen-bond donors (Lipinski definition) is 1. The van der Waals surface area contributed by atoms with Crippen LogP contribution in [-0.2, 0) is 14.3 Å². The minimum atomic E-state index is -0.571. The molecular weight excluding hydrogens is 294 g/mol. The SMILES string of the molecule is CCOC(=O)c1c(NC(C)=O)sc(C(=O)OC(C)C)c1C. The third-order valence-electron chi connectivity index (χ3n) is 2.44. The topological polar surface area (TPSA) is 81.7 Å². The number of ether oxygens (including phenoxy) is 2. The fourth-order valence-electron chi connectivity index (χ4n) is 1.67. The second-order valence-corrected chi connectivity index (χ2v) is 5.64. The molecule has 0 radical (unpaired) electrons. The van der Waals surface area contributed by atoms with Crippen molar-refractivity contribution in [2.45, 2.75) is 40.7 Å². The van der Waals surface area contributed by atoms with E-state index < -0.39 is 11.9 Å². The molecule has 7 heteroatoms. The number of rotatable bonds is 5. The van der Waals surface area contributed by atoms with Crippen molar-refractivity contribution in [3.05, 3.63) is 16.0 Å². The van der Waals surface area contributed by atoms with E-state index in [4.69, 9.17) is 9.47 Å². The number of nitrogens with one attached hydrogen (secondary N) is 1. The number of carbonyl (C=O) groups excluding carboxylic acids is 3. The first-order chi connectivity index (χ1) is 9.77. The van der Waals surface area contributed by atoms with Gasteiger partial charge in [-0.1, -0.05) is 0 Å². The Morgan fingerprint density at radius 2 is 1.86 bits per heavy atom. The summed E-state index contributed by atoms with van der Waals surface area (Å²) in [5.74, 6) is -1.42. The zero-order valence-corrected chi connectivity index (χ0v) is 13.6. The Labute approximate surface area is 127 Å². The van der Waals surface area contributed by atoms with Gasteiger partial charge in [0.15, 0.2) is 0 Å². The van der Waals surface area contributed by atoms with E-state index in [1.807, 2.05) is 0 Å². The van der Waals surface area contributed by atoms with E-state index in [1.165, 1.54) is 6.92 Å². The lowest BCUT2D eigenvalue weighted by Gasteiger charge is -2.07. The quantitative estimate of drug-likeness (QED) is 0.845. The van der Waals surface area contributed by atoms with Crippen LogP contribution in [0.15, 0.2) is 0 Å². The van der Waals surface area contributed by atoms with Gasteiger partial charge in [0.2, 0.25) is 5.91 Å². The maximum absolute atomic E-state index is 12.0. The van der Waals surface area contributed by atoms with Gasteiger partial charge >= 0.3 is 11.9 Å². The van der Waals surface area contributed by atoms with Crippen LogP contribution in [0.2, 0.25) is 0 Å². The molecule has 1 amide bonds. The molecular formula is C14H19NO5S. The van der Waals surface area contributed by atoms with E-state index in [0.717, 1.165) is 11.3 Å². The maximum Gasteiger partial charge on any atom is 0.348 e. The molecule has 6 nitrogen and oxygen atoms in total. The summed E-state index contributed by atoms with van der Waals surface area (Å²) in [7, 11) is 0. The highest BCUT2D eigenvalue weighted by Gasteiger charge is 2.27. The average molecular weight is 313 g/mol. The van der Waals surface area contributed by atoms with Crippen LogP contribution < -0.4 is 5.32 Å². The molecule has 116 valence electrons. The molecule has 0 bridgehead atoms. The molecule has 0 aliphatic carbocycles. The number of amides is 1. The fourth-order valence-corrected chi connectivity index (χ4v) is 2.80. The summed E-state index contributed by atoms with van der Waals surface area (Å²) in [5, 5.41) is 2.85. The van der Waals surface area contributed by atoms with Crippen molar-refractivity contribution < 1.29 is 23.9 Å². The van der Waals surface area contributed by atoms with Gasteiger partial charge in [-0.3, -0.25) is 4.79 Å². The fraction of sp³-hybridized carbons (Fsp3) is 0.500. The van der Waals surface area contributed by atoms with Crippen molar-refractivity contribution >= 4 is 34.2 Å². The van der Waals surface area contributed by atoms with E-state index in [0.29, 0.717) is 10.6 Å². The molecule has 0 saturated heterocycles. The Morgan fingerprint density at radius 1 is 1.24 bits per heavy atom. The van der Waals surface area contributed by atoms with E-state index in [-0.39, 0.29) is 29.1 Å². The minimum Gasteiger partial charge on any atom is -0.462 e. The number of thiophene rings is 1. The van der Waals surface area contributed by atoms with Crippen LogP contribution in [0.3, 0.4) is 0 Å². The number of anilines is 1. The Balaban J connectivity index is 3.26. The van der Waals surface area contributed by atoms with Gasteiger partial charge in [0.05, 0.1) is 18.3 Å². The number of esters is 2. The highest BCUT2D eigenvalue weighted by atomic mass is 32.1. The van der Waals surface area contributed by atoms with Crippen LogP contribution in [0, 0.1) is 6.92 Å². The first kappa shape index (κ1) is 17.2. The van der Waals surface area contributed by atoms with E-state index >= 15 is 0 Å². The van der Waals surface area contributed by atoms with Gasteiger partial charge in [-0.2, -0.15) is 0 Å². The Hall–Kier alpha value is -1.89. The summed E-state index contributed by atoms with van der Waals surface area (Å²) in [6, 6.07) is 0. The maximum atomic E-state index is 12.0. The molecule has 0 aliphatic rings. The summed E-state index contributed by atoms with van der Waals surface area (Å²) >= 11 is 1.01. The van der Waals surface area contributed by atoms with Gasteiger partial charge in [0.25, 0.3) is 0 Å². The zero-order valence-electron chi connectivity index (χ0n) is 12.7. The Morgan fingerprint density at radius 3 is 2.33 bits per heavy atom. The lowest BCUT2D eigenvalue weighted by Crippen LogP contribution is -2.13. The number of hydrogen-bond acceptors (Lipinski definition) is 6. The molecule has 0 unspecified atom stereocenters. The summed E-state index contributed by atoms with van der Waals surface area (Å²) in [5.41, 5.74) is 0.653. The molecule has 1 N–H and O–H groups in total. The van der Waals surface area contributed by atoms with E-state index in [1.54, 1.807) is 27.7 Å². The monoisotopic (exact) mass is 313 g/mol. The number of carbonyl (C=O) groups is 3. The largest absolute Gasteiger partial charge is 0.462 e. The molecule has 1 rings (SSSR count). The molecule has 1 aromatic heterocycles. The van der Waals surface area contributed by atoms with Crippen LogP contribution in [-0.4, -0.2) is 30.6 Å². The molecule has 0 aromatic carbocycles. The van der Waals surface area contributed by atoms with Gasteiger partial charge < -0.3 is 14.8 Å². The Kier molecular flexibility index (Phi) is 5.90. The van der Waals surface area contributed by atoms with Gasteiger partial charge in [-0.25, -0.2) is 9.59 Å². The average Bonchev–Trinajstić information content (AvgIpc) is 2.64. The predicted molar refractivity (Wildman–Crippen MR) is 79.9 cm³/mol. The molecule has 1 aromatic rings.